The minimum Gasteiger partial charge on any atom is -0.480 e. The Hall–Kier alpha value is -1.43. The van der Waals surface area contributed by atoms with E-state index in [2.05, 4.69) is 5.48 Å². The van der Waals surface area contributed by atoms with Gasteiger partial charge in [0.05, 0.1) is 18.8 Å². The van der Waals surface area contributed by atoms with Crippen LogP contribution < -0.4 is 5.48 Å². The fourth-order valence-corrected chi connectivity index (χ4v) is 1.27. The number of rotatable bonds is 7. The monoisotopic (exact) mass is 267 g/mol. The molecule has 5 heteroatoms. The third kappa shape index (κ3) is 6.91. The largest absolute Gasteiger partial charge is 0.480 e. The molecule has 0 spiro atoms. The zero-order valence-corrected chi connectivity index (χ0v) is 11.6. The number of nitrogens with one attached hydrogen (secondary N) is 1. The van der Waals surface area contributed by atoms with E-state index in [0.29, 0.717) is 6.61 Å². The molecule has 0 aliphatic carbocycles. The summed E-state index contributed by atoms with van der Waals surface area (Å²) in [4.78, 5) is 16.3. The molecule has 5 nitrogen and oxygen atoms in total. The van der Waals surface area contributed by atoms with Crippen LogP contribution in [0.3, 0.4) is 0 Å². The Morgan fingerprint density at radius 2 is 1.95 bits per heavy atom. The molecule has 1 atom stereocenters. The molecule has 1 aromatic carbocycles. The first-order chi connectivity index (χ1) is 8.88. The van der Waals surface area contributed by atoms with Crippen molar-refractivity contribution in [2.75, 3.05) is 6.61 Å². The molecule has 0 amide bonds. The van der Waals surface area contributed by atoms with Crippen LogP contribution in [-0.4, -0.2) is 29.3 Å². The lowest BCUT2D eigenvalue weighted by Gasteiger charge is -2.23. The van der Waals surface area contributed by atoms with Gasteiger partial charge >= 0.3 is 5.97 Å². The number of carboxylic acid groups (broad SMARTS) is 1. The molecule has 0 aromatic heterocycles. The van der Waals surface area contributed by atoms with Gasteiger partial charge in [-0.2, -0.15) is 5.48 Å². The maximum atomic E-state index is 11.0. The Kier molecular flexibility index (Phi) is 5.95. The van der Waals surface area contributed by atoms with Crippen LogP contribution in [0.2, 0.25) is 0 Å². The minimum atomic E-state index is -1.00. The van der Waals surface area contributed by atoms with Crippen molar-refractivity contribution in [1.82, 2.24) is 5.48 Å². The summed E-state index contributed by atoms with van der Waals surface area (Å²) in [5.41, 5.74) is 3.07. The number of hydrogen-bond donors (Lipinski definition) is 2. The van der Waals surface area contributed by atoms with Gasteiger partial charge in [0.2, 0.25) is 0 Å². The Bertz CT molecular complexity index is 386. The zero-order chi connectivity index (χ0) is 14.3. The van der Waals surface area contributed by atoms with Gasteiger partial charge in [0.25, 0.3) is 0 Å². The van der Waals surface area contributed by atoms with Crippen LogP contribution in [0.1, 0.15) is 26.3 Å². The molecule has 0 fully saturated rings. The van der Waals surface area contributed by atoms with E-state index in [4.69, 9.17) is 14.7 Å². The van der Waals surface area contributed by atoms with Gasteiger partial charge in [-0.25, -0.2) is 0 Å². The Balaban J connectivity index is 2.36. The predicted octanol–water partition coefficient (Wildman–Crippen LogP) is 1.98. The molecular formula is C14H21NO4. The molecule has 1 aromatic rings. The van der Waals surface area contributed by atoms with Crippen molar-refractivity contribution in [3.05, 3.63) is 35.9 Å². The predicted molar refractivity (Wildman–Crippen MR) is 71.5 cm³/mol. The molecule has 19 heavy (non-hydrogen) atoms. The lowest BCUT2D eigenvalue weighted by Crippen LogP contribution is -2.44. The van der Waals surface area contributed by atoms with E-state index in [0.717, 1.165) is 5.56 Å². The van der Waals surface area contributed by atoms with Crippen molar-refractivity contribution in [3.63, 3.8) is 0 Å². The molecular weight excluding hydrogens is 246 g/mol. The highest BCUT2D eigenvalue weighted by atomic mass is 16.7. The number of hydrogen-bond acceptors (Lipinski definition) is 4. The second-order valence-corrected chi connectivity index (χ2v) is 5.22. The summed E-state index contributed by atoms with van der Waals surface area (Å²) < 4.78 is 5.39. The lowest BCUT2D eigenvalue weighted by molar-refractivity contribution is -0.154. The van der Waals surface area contributed by atoms with E-state index in [1.165, 1.54) is 0 Å². The van der Waals surface area contributed by atoms with Crippen LogP contribution in [0, 0.1) is 0 Å². The maximum absolute atomic E-state index is 11.0. The molecule has 0 saturated carbocycles. The van der Waals surface area contributed by atoms with Crippen LogP contribution in [0.25, 0.3) is 0 Å². The molecule has 2 N–H and O–H groups in total. The van der Waals surface area contributed by atoms with E-state index in [-0.39, 0.29) is 6.61 Å². The highest BCUT2D eigenvalue weighted by Gasteiger charge is 2.21. The fourth-order valence-electron chi connectivity index (χ4n) is 1.27. The van der Waals surface area contributed by atoms with E-state index >= 15 is 0 Å². The van der Waals surface area contributed by atoms with Crippen LogP contribution >= 0.6 is 0 Å². The summed E-state index contributed by atoms with van der Waals surface area (Å²) in [5.74, 6) is -1.00. The smallest absolute Gasteiger partial charge is 0.325 e. The molecule has 0 saturated heterocycles. The molecule has 0 bridgehead atoms. The summed E-state index contributed by atoms with van der Waals surface area (Å²) in [7, 11) is 0. The summed E-state index contributed by atoms with van der Waals surface area (Å²) in [5, 5.41) is 9.04. The lowest BCUT2D eigenvalue weighted by atomic mass is 10.2. The van der Waals surface area contributed by atoms with Gasteiger partial charge in [-0.15, -0.1) is 0 Å². The second-order valence-electron chi connectivity index (χ2n) is 5.22. The third-order valence-corrected chi connectivity index (χ3v) is 2.20. The third-order valence-electron chi connectivity index (χ3n) is 2.20. The van der Waals surface area contributed by atoms with Gasteiger partial charge in [0, 0.05) is 0 Å². The number of carboxylic acids is 1. The van der Waals surface area contributed by atoms with Crippen molar-refractivity contribution in [3.8, 4) is 0 Å². The number of carbonyl (C=O) groups is 1. The van der Waals surface area contributed by atoms with Crippen molar-refractivity contribution in [2.24, 2.45) is 0 Å². The fraction of sp³-hybridized carbons (Fsp3) is 0.500. The number of hydroxylamine groups is 1. The normalized spacial score (nSPS) is 13.2. The van der Waals surface area contributed by atoms with Crippen LogP contribution in [0.15, 0.2) is 30.3 Å². The topological polar surface area (TPSA) is 67.8 Å². The highest BCUT2D eigenvalue weighted by molar-refractivity contribution is 5.73. The Labute approximate surface area is 113 Å². The van der Waals surface area contributed by atoms with Crippen molar-refractivity contribution in [1.29, 1.82) is 0 Å². The Morgan fingerprint density at radius 1 is 1.32 bits per heavy atom. The first-order valence-electron chi connectivity index (χ1n) is 6.16. The quantitative estimate of drug-likeness (QED) is 0.739. The standard InChI is InChI=1S/C14H21NO4/c1-14(2,3)19-15-12(13(16)17)10-18-9-11-7-5-4-6-8-11/h4-8,12,15H,9-10H2,1-3H3,(H,16,17)/t12-/m0/s1. The highest BCUT2D eigenvalue weighted by Crippen LogP contribution is 2.05. The van der Waals surface area contributed by atoms with Gasteiger partial charge in [-0.05, 0) is 26.3 Å². The molecule has 0 aliphatic rings. The van der Waals surface area contributed by atoms with E-state index in [9.17, 15) is 4.79 Å². The van der Waals surface area contributed by atoms with Gasteiger partial charge in [-0.3, -0.25) is 9.63 Å². The van der Waals surface area contributed by atoms with Crippen LogP contribution in [0.5, 0.6) is 0 Å². The molecule has 0 unspecified atom stereocenters. The molecule has 0 heterocycles. The average Bonchev–Trinajstić information content (AvgIpc) is 2.33. The van der Waals surface area contributed by atoms with E-state index in [1.54, 1.807) is 0 Å². The van der Waals surface area contributed by atoms with E-state index < -0.39 is 17.6 Å². The summed E-state index contributed by atoms with van der Waals surface area (Å²) in [6.45, 7) is 5.93. The molecule has 1 rings (SSSR count). The van der Waals surface area contributed by atoms with Gasteiger partial charge in [-0.1, -0.05) is 30.3 Å². The SMILES string of the molecule is CC(C)(C)ON[C@@H](COCc1ccccc1)C(=O)O. The van der Waals surface area contributed by atoms with Crippen LogP contribution in [-0.2, 0) is 21.0 Å². The molecule has 106 valence electrons. The van der Waals surface area contributed by atoms with Crippen molar-refractivity contribution >= 4 is 5.97 Å². The number of aliphatic carboxylic acids is 1. The number of benzene rings is 1. The van der Waals surface area contributed by atoms with Crippen molar-refractivity contribution in [2.45, 2.75) is 39.0 Å². The molecule has 0 aliphatic heterocycles. The minimum absolute atomic E-state index is 0.0420. The summed E-state index contributed by atoms with van der Waals surface area (Å²) in [6.07, 6.45) is 0. The zero-order valence-electron chi connectivity index (χ0n) is 11.6. The molecule has 0 radical (unpaired) electrons. The van der Waals surface area contributed by atoms with Crippen LogP contribution in [0.4, 0.5) is 0 Å². The van der Waals surface area contributed by atoms with Gasteiger partial charge in [0.1, 0.15) is 0 Å². The number of ether oxygens (including phenoxy) is 1. The van der Waals surface area contributed by atoms with Gasteiger partial charge in [0.15, 0.2) is 6.04 Å². The summed E-state index contributed by atoms with van der Waals surface area (Å²) in [6, 6.07) is 8.71. The second kappa shape index (κ2) is 7.23. The van der Waals surface area contributed by atoms with Crippen molar-refractivity contribution < 1.29 is 19.5 Å². The average molecular weight is 267 g/mol. The Morgan fingerprint density at radius 3 is 2.47 bits per heavy atom. The summed E-state index contributed by atoms with van der Waals surface area (Å²) >= 11 is 0. The first-order valence-corrected chi connectivity index (χ1v) is 6.16. The first kappa shape index (κ1) is 15.6. The van der Waals surface area contributed by atoms with E-state index in [1.807, 2.05) is 51.1 Å². The van der Waals surface area contributed by atoms with Gasteiger partial charge < -0.3 is 9.84 Å². The maximum Gasteiger partial charge on any atom is 0.325 e.